The second-order valence-electron chi connectivity index (χ2n) is 6.85. The summed E-state index contributed by atoms with van der Waals surface area (Å²) < 4.78 is 7.77. The van der Waals surface area contributed by atoms with Crippen LogP contribution in [-0.2, 0) is 22.6 Å². The first-order valence-corrected chi connectivity index (χ1v) is 9.28. The number of nitrogens with zero attached hydrogens (tertiary/aromatic N) is 3. The van der Waals surface area contributed by atoms with Crippen LogP contribution in [0.3, 0.4) is 0 Å². The third-order valence-electron chi connectivity index (χ3n) is 4.75. The Hall–Kier alpha value is -2.29. The topological polar surface area (TPSA) is 112 Å². The number of carbonyl (C=O) groups excluding carboxylic acids is 1. The molecular weight excluding hydrogens is 338 g/mol. The van der Waals surface area contributed by atoms with Crippen LogP contribution in [-0.4, -0.2) is 47.4 Å². The maximum absolute atomic E-state index is 13.0. The Labute approximate surface area is 151 Å². The maximum atomic E-state index is 13.0. The lowest BCUT2D eigenvalue weighted by Crippen LogP contribution is -2.49. The molecule has 3 rings (SSSR count). The van der Waals surface area contributed by atoms with Crippen molar-refractivity contribution in [2.24, 2.45) is 0 Å². The molecule has 9 nitrogen and oxygen atoms in total. The van der Waals surface area contributed by atoms with Crippen LogP contribution in [0.5, 0.6) is 0 Å². The Balaban J connectivity index is 2.01. The van der Waals surface area contributed by atoms with E-state index in [-0.39, 0.29) is 24.3 Å². The number of ether oxygens (including phenoxy) is 1. The quantitative estimate of drug-likeness (QED) is 0.674. The number of rotatable bonds is 7. The number of nitrogen functional groups attached to an aromatic ring is 1. The van der Waals surface area contributed by atoms with Gasteiger partial charge in [0.15, 0.2) is 0 Å². The number of unbranched alkanes of at least 4 members (excludes halogenated alkanes) is 1. The van der Waals surface area contributed by atoms with Crippen molar-refractivity contribution in [2.45, 2.75) is 51.7 Å². The Morgan fingerprint density at radius 2 is 1.92 bits per heavy atom. The molecule has 144 valence electrons. The van der Waals surface area contributed by atoms with Gasteiger partial charge in [0, 0.05) is 25.7 Å². The zero-order valence-electron chi connectivity index (χ0n) is 15.2. The largest absolute Gasteiger partial charge is 0.383 e. The van der Waals surface area contributed by atoms with Crippen LogP contribution in [0.4, 0.5) is 11.5 Å². The molecule has 1 saturated heterocycles. The molecule has 0 bridgehead atoms. The molecule has 2 aliphatic rings. The van der Waals surface area contributed by atoms with Crippen molar-refractivity contribution < 1.29 is 9.53 Å². The number of morpholine rings is 1. The lowest BCUT2D eigenvalue weighted by Gasteiger charge is -2.30. The lowest BCUT2D eigenvalue weighted by molar-refractivity contribution is -0.121. The number of amides is 1. The minimum absolute atomic E-state index is 0.174. The summed E-state index contributed by atoms with van der Waals surface area (Å²) in [4.78, 5) is 39.8. The van der Waals surface area contributed by atoms with E-state index in [2.05, 4.69) is 5.32 Å². The fourth-order valence-corrected chi connectivity index (χ4v) is 3.10. The zero-order valence-corrected chi connectivity index (χ0v) is 15.2. The van der Waals surface area contributed by atoms with E-state index in [9.17, 15) is 14.4 Å². The average molecular weight is 365 g/mol. The average Bonchev–Trinajstić information content (AvgIpc) is 3.43. The van der Waals surface area contributed by atoms with E-state index in [1.54, 1.807) is 0 Å². The van der Waals surface area contributed by atoms with Gasteiger partial charge in [0.05, 0.1) is 13.2 Å². The molecule has 0 atom stereocenters. The molecule has 0 aromatic carbocycles. The molecule has 1 aliphatic heterocycles. The first-order chi connectivity index (χ1) is 12.5. The zero-order chi connectivity index (χ0) is 18.7. The van der Waals surface area contributed by atoms with E-state index < -0.39 is 11.2 Å². The number of hydrogen-bond donors (Lipinski definition) is 2. The third kappa shape index (κ3) is 3.92. The molecule has 1 aliphatic carbocycles. The number of anilines is 2. The summed E-state index contributed by atoms with van der Waals surface area (Å²) in [5.74, 6) is -0.138. The molecule has 2 fully saturated rings. The van der Waals surface area contributed by atoms with Gasteiger partial charge in [-0.15, -0.1) is 0 Å². The first kappa shape index (κ1) is 18.5. The number of nitrogens with one attached hydrogen (secondary N) is 1. The van der Waals surface area contributed by atoms with Crippen LogP contribution in [0.15, 0.2) is 9.59 Å². The molecule has 1 aromatic rings. The number of aromatic nitrogens is 2. The molecule has 3 N–H and O–H groups in total. The summed E-state index contributed by atoms with van der Waals surface area (Å²) in [7, 11) is 0. The van der Waals surface area contributed by atoms with Crippen molar-refractivity contribution in [1.82, 2.24) is 14.5 Å². The van der Waals surface area contributed by atoms with Crippen molar-refractivity contribution in [1.29, 1.82) is 0 Å². The van der Waals surface area contributed by atoms with Gasteiger partial charge in [-0.05, 0) is 19.3 Å². The Morgan fingerprint density at radius 3 is 2.54 bits per heavy atom. The number of hydrogen-bond acceptors (Lipinski definition) is 6. The molecule has 26 heavy (non-hydrogen) atoms. The number of nitrogens with two attached hydrogens (primary N) is 1. The Kier molecular flexibility index (Phi) is 5.65. The van der Waals surface area contributed by atoms with Crippen molar-refractivity contribution in [3.63, 3.8) is 0 Å². The summed E-state index contributed by atoms with van der Waals surface area (Å²) in [5.41, 5.74) is 5.48. The van der Waals surface area contributed by atoms with E-state index in [1.165, 1.54) is 4.57 Å². The van der Waals surface area contributed by atoms with Crippen LogP contribution in [0, 0.1) is 0 Å². The highest BCUT2D eigenvalue weighted by Crippen LogP contribution is 2.20. The highest BCUT2D eigenvalue weighted by atomic mass is 16.5. The summed E-state index contributed by atoms with van der Waals surface area (Å²) in [6.45, 7) is 4.20. The van der Waals surface area contributed by atoms with E-state index in [1.807, 2.05) is 11.8 Å². The standard InChI is InChI=1S/C17H27N5O4/c1-2-3-6-21-15(18)14(20-7-9-26-10-8-20)16(24)22(17(21)25)11-13(23)19-12-4-5-12/h12H,2-11,18H2,1H3,(H,19,23). The molecule has 1 aromatic heterocycles. The molecule has 1 amide bonds. The van der Waals surface area contributed by atoms with Crippen LogP contribution < -0.4 is 27.2 Å². The fraction of sp³-hybridized carbons (Fsp3) is 0.706. The van der Waals surface area contributed by atoms with Gasteiger partial charge in [-0.1, -0.05) is 13.3 Å². The number of carbonyl (C=O) groups is 1. The first-order valence-electron chi connectivity index (χ1n) is 9.28. The molecule has 0 radical (unpaired) electrons. The van der Waals surface area contributed by atoms with Gasteiger partial charge in [0.1, 0.15) is 18.1 Å². The van der Waals surface area contributed by atoms with Gasteiger partial charge in [0.2, 0.25) is 5.91 Å². The molecular formula is C17H27N5O4. The van der Waals surface area contributed by atoms with Crippen LogP contribution in [0.2, 0.25) is 0 Å². The second kappa shape index (κ2) is 7.94. The minimum atomic E-state index is -0.524. The van der Waals surface area contributed by atoms with Crippen molar-refractivity contribution in [3.8, 4) is 0 Å². The smallest absolute Gasteiger partial charge is 0.333 e. The highest BCUT2D eigenvalue weighted by molar-refractivity contribution is 5.76. The van der Waals surface area contributed by atoms with Crippen LogP contribution >= 0.6 is 0 Å². The molecule has 1 saturated carbocycles. The van der Waals surface area contributed by atoms with Gasteiger partial charge in [-0.2, -0.15) is 0 Å². The molecule has 9 heteroatoms. The van der Waals surface area contributed by atoms with Gasteiger partial charge in [-0.25, -0.2) is 9.36 Å². The summed E-state index contributed by atoms with van der Waals surface area (Å²) in [6.07, 6.45) is 3.55. The Morgan fingerprint density at radius 1 is 1.23 bits per heavy atom. The maximum Gasteiger partial charge on any atom is 0.333 e. The SMILES string of the molecule is CCCCn1c(N)c(N2CCOCC2)c(=O)n(CC(=O)NC2CC2)c1=O. The van der Waals surface area contributed by atoms with E-state index in [0.29, 0.717) is 38.5 Å². The van der Waals surface area contributed by atoms with Gasteiger partial charge in [0.25, 0.3) is 5.56 Å². The summed E-state index contributed by atoms with van der Waals surface area (Å²) in [6, 6.07) is 0.174. The second-order valence-corrected chi connectivity index (χ2v) is 6.85. The van der Waals surface area contributed by atoms with Gasteiger partial charge >= 0.3 is 5.69 Å². The minimum Gasteiger partial charge on any atom is -0.383 e. The predicted octanol–water partition coefficient (Wildman–Crippen LogP) is -0.492. The normalized spacial score (nSPS) is 17.3. The fourth-order valence-electron chi connectivity index (χ4n) is 3.10. The Bertz CT molecular complexity index is 775. The summed E-state index contributed by atoms with van der Waals surface area (Å²) in [5, 5.41) is 2.82. The molecule has 0 unspecified atom stereocenters. The predicted molar refractivity (Wildman–Crippen MR) is 98.5 cm³/mol. The van der Waals surface area contributed by atoms with E-state index in [0.717, 1.165) is 30.3 Å². The monoisotopic (exact) mass is 365 g/mol. The van der Waals surface area contributed by atoms with Gasteiger partial charge in [-0.3, -0.25) is 14.2 Å². The highest BCUT2D eigenvalue weighted by Gasteiger charge is 2.26. The van der Waals surface area contributed by atoms with E-state index in [4.69, 9.17) is 10.5 Å². The van der Waals surface area contributed by atoms with Crippen molar-refractivity contribution >= 4 is 17.4 Å². The summed E-state index contributed by atoms with van der Waals surface area (Å²) >= 11 is 0. The van der Waals surface area contributed by atoms with Gasteiger partial charge < -0.3 is 20.7 Å². The molecule has 2 heterocycles. The van der Waals surface area contributed by atoms with Crippen LogP contribution in [0.1, 0.15) is 32.6 Å². The van der Waals surface area contributed by atoms with Crippen molar-refractivity contribution in [3.05, 3.63) is 20.8 Å². The van der Waals surface area contributed by atoms with E-state index >= 15 is 0 Å². The molecule has 0 spiro atoms. The third-order valence-corrected chi connectivity index (χ3v) is 4.75. The lowest BCUT2D eigenvalue weighted by atomic mass is 10.3. The van der Waals surface area contributed by atoms with Crippen molar-refractivity contribution in [2.75, 3.05) is 36.9 Å². The van der Waals surface area contributed by atoms with Crippen LogP contribution in [0.25, 0.3) is 0 Å².